The number of carbonyl (C=O) groups excluding carboxylic acids is 2. The summed E-state index contributed by atoms with van der Waals surface area (Å²) in [7, 11) is 1.24. The predicted molar refractivity (Wildman–Crippen MR) is 127 cm³/mol. The predicted octanol–water partition coefficient (Wildman–Crippen LogP) is 4.24. The van der Waals surface area contributed by atoms with Gasteiger partial charge < -0.3 is 19.3 Å². The molecular weight excluding hydrogens is 487 g/mol. The monoisotopic (exact) mass is 512 g/mol. The number of methoxy groups -OCH3 is 1. The standard InChI is InChI=1S/C22H26Cl2N4O6/c1-5-34-21(30)18-15(9-33-11-22(3,31)10-26-28-25)27-12(2)16(20(29)32-4)17(18)13-7-6-8-14(23)19(13)24/h6-8,16-17,31H,5,9-11H2,1-4H3. The van der Waals surface area contributed by atoms with E-state index in [0.717, 1.165) is 0 Å². The Morgan fingerprint density at radius 1 is 1.35 bits per heavy atom. The summed E-state index contributed by atoms with van der Waals surface area (Å²) in [6.07, 6.45) is 0. The fraction of sp³-hybridized carbons (Fsp3) is 0.500. The van der Waals surface area contributed by atoms with Crippen molar-refractivity contribution in [2.24, 2.45) is 16.0 Å². The first-order valence-electron chi connectivity index (χ1n) is 10.4. The lowest BCUT2D eigenvalue weighted by atomic mass is 9.75. The highest BCUT2D eigenvalue weighted by atomic mass is 35.5. The molecule has 3 unspecified atom stereocenters. The molecular formula is C22H26Cl2N4O6. The minimum atomic E-state index is -1.44. The van der Waals surface area contributed by atoms with Crippen LogP contribution in [0.5, 0.6) is 0 Å². The van der Waals surface area contributed by atoms with Crippen LogP contribution in [0.1, 0.15) is 32.3 Å². The third-order valence-electron chi connectivity index (χ3n) is 5.11. The second-order valence-electron chi connectivity index (χ2n) is 7.83. The van der Waals surface area contributed by atoms with E-state index in [4.69, 9.17) is 42.9 Å². The summed E-state index contributed by atoms with van der Waals surface area (Å²) in [6.45, 7) is 4.20. The second kappa shape index (κ2) is 12.2. The van der Waals surface area contributed by atoms with Gasteiger partial charge in [-0.2, -0.15) is 0 Å². The van der Waals surface area contributed by atoms with Crippen LogP contribution in [0.4, 0.5) is 0 Å². The number of aliphatic imine (C=N–C) groups is 1. The van der Waals surface area contributed by atoms with Gasteiger partial charge in [-0.25, -0.2) is 4.79 Å². The molecule has 0 saturated heterocycles. The molecule has 0 fully saturated rings. The average Bonchev–Trinajstić information content (AvgIpc) is 2.78. The Morgan fingerprint density at radius 2 is 2.06 bits per heavy atom. The molecule has 1 aromatic carbocycles. The van der Waals surface area contributed by atoms with E-state index in [9.17, 15) is 14.7 Å². The van der Waals surface area contributed by atoms with Gasteiger partial charge in [0.25, 0.3) is 0 Å². The Labute approximate surface area is 207 Å². The van der Waals surface area contributed by atoms with Gasteiger partial charge in [0.15, 0.2) is 0 Å². The Balaban J connectivity index is 2.60. The van der Waals surface area contributed by atoms with Gasteiger partial charge in [-0.15, -0.1) is 0 Å². The topological polar surface area (TPSA) is 143 Å². The molecule has 184 valence electrons. The van der Waals surface area contributed by atoms with E-state index in [1.165, 1.54) is 14.0 Å². The van der Waals surface area contributed by atoms with Crippen LogP contribution in [-0.4, -0.2) is 61.8 Å². The molecule has 12 heteroatoms. The van der Waals surface area contributed by atoms with Crippen LogP contribution >= 0.6 is 23.2 Å². The average molecular weight is 513 g/mol. The Morgan fingerprint density at radius 3 is 2.68 bits per heavy atom. The highest BCUT2D eigenvalue weighted by Gasteiger charge is 2.44. The highest BCUT2D eigenvalue weighted by molar-refractivity contribution is 6.42. The molecule has 1 aromatic rings. The molecule has 0 radical (unpaired) electrons. The van der Waals surface area contributed by atoms with Gasteiger partial charge in [0.1, 0.15) is 5.92 Å². The first-order chi connectivity index (χ1) is 16.1. The highest BCUT2D eigenvalue weighted by Crippen LogP contribution is 2.44. The molecule has 0 aliphatic carbocycles. The summed E-state index contributed by atoms with van der Waals surface area (Å²) in [5.74, 6) is -3.18. The third kappa shape index (κ3) is 6.49. The molecule has 3 atom stereocenters. The van der Waals surface area contributed by atoms with Crippen molar-refractivity contribution in [2.45, 2.75) is 32.3 Å². The number of aliphatic hydroxyl groups is 1. The van der Waals surface area contributed by atoms with E-state index in [-0.39, 0.29) is 47.7 Å². The van der Waals surface area contributed by atoms with Crippen molar-refractivity contribution in [3.63, 3.8) is 0 Å². The minimum Gasteiger partial charge on any atom is -0.468 e. The number of azide groups is 1. The molecule has 0 bridgehead atoms. The molecule has 0 spiro atoms. The van der Waals surface area contributed by atoms with E-state index in [0.29, 0.717) is 11.3 Å². The molecule has 34 heavy (non-hydrogen) atoms. The van der Waals surface area contributed by atoms with Crippen molar-refractivity contribution >= 4 is 40.9 Å². The van der Waals surface area contributed by atoms with Crippen molar-refractivity contribution in [1.82, 2.24) is 0 Å². The summed E-state index contributed by atoms with van der Waals surface area (Å²) in [5.41, 5.74) is 8.12. The molecule has 0 aromatic heterocycles. The van der Waals surface area contributed by atoms with Gasteiger partial charge in [-0.1, -0.05) is 40.4 Å². The smallest absolute Gasteiger partial charge is 0.336 e. The quantitative estimate of drug-likeness (QED) is 0.215. The zero-order valence-corrected chi connectivity index (χ0v) is 20.8. The minimum absolute atomic E-state index is 0.0710. The van der Waals surface area contributed by atoms with Gasteiger partial charge in [-0.3, -0.25) is 9.79 Å². The zero-order chi connectivity index (χ0) is 25.5. The lowest BCUT2D eigenvalue weighted by Crippen LogP contribution is -2.38. The van der Waals surface area contributed by atoms with E-state index < -0.39 is 29.4 Å². The van der Waals surface area contributed by atoms with E-state index in [1.54, 1.807) is 32.0 Å². The molecule has 1 aliphatic rings. The van der Waals surface area contributed by atoms with Gasteiger partial charge in [-0.05, 0) is 37.9 Å². The Hall–Kier alpha value is -2.62. The van der Waals surface area contributed by atoms with E-state index >= 15 is 0 Å². The summed E-state index contributed by atoms with van der Waals surface area (Å²) < 4.78 is 15.9. The number of benzene rings is 1. The van der Waals surface area contributed by atoms with Crippen molar-refractivity contribution < 1.29 is 28.9 Å². The first kappa shape index (κ1) is 27.6. The van der Waals surface area contributed by atoms with Crippen LogP contribution in [0.15, 0.2) is 39.6 Å². The van der Waals surface area contributed by atoms with Crippen molar-refractivity contribution in [3.8, 4) is 0 Å². The van der Waals surface area contributed by atoms with Crippen LogP contribution in [0.2, 0.25) is 10.0 Å². The normalized spacial score (nSPS) is 19.6. The largest absolute Gasteiger partial charge is 0.468 e. The molecule has 10 nitrogen and oxygen atoms in total. The van der Waals surface area contributed by atoms with Gasteiger partial charge in [0, 0.05) is 16.5 Å². The summed E-state index contributed by atoms with van der Waals surface area (Å²) in [6, 6.07) is 4.91. The van der Waals surface area contributed by atoms with Crippen LogP contribution in [0, 0.1) is 5.92 Å². The van der Waals surface area contributed by atoms with Gasteiger partial charge in [0.2, 0.25) is 0 Å². The molecule has 0 saturated carbocycles. The Bertz CT molecular complexity index is 1050. The number of nitrogens with zero attached hydrogens (tertiary/aromatic N) is 4. The Kier molecular flexibility index (Phi) is 9.90. The molecule has 2 rings (SSSR count). The molecule has 0 amide bonds. The number of hydrogen-bond acceptors (Lipinski definition) is 8. The van der Waals surface area contributed by atoms with Crippen LogP contribution in [0.3, 0.4) is 0 Å². The second-order valence-corrected chi connectivity index (χ2v) is 8.62. The van der Waals surface area contributed by atoms with Gasteiger partial charge in [0.05, 0.1) is 60.4 Å². The van der Waals surface area contributed by atoms with Crippen molar-refractivity contribution in [1.29, 1.82) is 0 Å². The van der Waals surface area contributed by atoms with E-state index in [1.807, 2.05) is 0 Å². The maximum absolute atomic E-state index is 13.1. The number of ether oxygens (including phenoxy) is 3. The summed E-state index contributed by atoms with van der Waals surface area (Å²) in [5, 5.41) is 14.1. The summed E-state index contributed by atoms with van der Waals surface area (Å²) in [4.78, 5) is 33.0. The van der Waals surface area contributed by atoms with Gasteiger partial charge >= 0.3 is 11.9 Å². The number of rotatable bonds is 10. The van der Waals surface area contributed by atoms with Crippen molar-refractivity contribution in [3.05, 3.63) is 55.5 Å². The lowest BCUT2D eigenvalue weighted by Gasteiger charge is -2.32. The number of halogens is 2. The first-order valence-corrected chi connectivity index (χ1v) is 11.1. The third-order valence-corrected chi connectivity index (χ3v) is 5.94. The van der Waals surface area contributed by atoms with Crippen LogP contribution < -0.4 is 0 Å². The van der Waals surface area contributed by atoms with E-state index in [2.05, 4.69) is 15.0 Å². The number of carbonyl (C=O) groups is 2. The van der Waals surface area contributed by atoms with Crippen molar-refractivity contribution in [2.75, 3.05) is 33.5 Å². The number of hydrogen-bond donors (Lipinski definition) is 1. The molecule has 1 N–H and O–H groups in total. The summed E-state index contributed by atoms with van der Waals surface area (Å²) >= 11 is 12.7. The maximum Gasteiger partial charge on any atom is 0.336 e. The maximum atomic E-state index is 13.1. The fourth-order valence-corrected chi connectivity index (χ4v) is 4.05. The number of esters is 2. The molecule has 1 aliphatic heterocycles. The fourth-order valence-electron chi connectivity index (χ4n) is 3.62. The van der Waals surface area contributed by atoms with Crippen LogP contribution in [0.25, 0.3) is 10.4 Å². The zero-order valence-electron chi connectivity index (χ0n) is 19.2. The SMILES string of the molecule is CCOC(=O)C1=C(COCC(C)(O)CN=[N+]=[N-])N=C(C)C(C(=O)OC)C1c1cccc(Cl)c1Cl. The molecule has 1 heterocycles. The van der Waals surface area contributed by atoms with Crippen LogP contribution in [-0.2, 0) is 23.8 Å². The lowest BCUT2D eigenvalue weighted by molar-refractivity contribution is -0.144.